The zero-order valence-corrected chi connectivity index (χ0v) is 11.9. The van der Waals surface area contributed by atoms with Gasteiger partial charge in [-0.1, -0.05) is 0 Å². The standard InChI is InChI=1S/C15H20FNO3/c1-3-20-15(18)13-5-4-8-17(13)10-11-9-12(16)6-7-14(11)19-2/h6-7,9,13H,3-5,8,10H2,1-2H3. The molecule has 1 saturated heterocycles. The second kappa shape index (κ2) is 6.70. The average Bonchev–Trinajstić information content (AvgIpc) is 2.87. The molecular weight excluding hydrogens is 261 g/mol. The maximum absolute atomic E-state index is 13.4. The molecule has 20 heavy (non-hydrogen) atoms. The summed E-state index contributed by atoms with van der Waals surface area (Å²) in [6.45, 7) is 3.48. The molecule has 0 aliphatic carbocycles. The minimum absolute atomic E-state index is 0.194. The molecule has 1 aromatic carbocycles. The van der Waals surface area contributed by atoms with E-state index in [2.05, 4.69) is 0 Å². The fourth-order valence-corrected chi connectivity index (χ4v) is 2.61. The zero-order chi connectivity index (χ0) is 14.5. The summed E-state index contributed by atoms with van der Waals surface area (Å²) in [5.41, 5.74) is 0.753. The number of esters is 1. The van der Waals surface area contributed by atoms with Crippen LogP contribution in [0.2, 0.25) is 0 Å². The highest BCUT2D eigenvalue weighted by Gasteiger charge is 2.32. The van der Waals surface area contributed by atoms with Crippen LogP contribution in [-0.2, 0) is 16.1 Å². The lowest BCUT2D eigenvalue weighted by Crippen LogP contribution is -2.36. The van der Waals surface area contributed by atoms with Crippen molar-refractivity contribution in [2.75, 3.05) is 20.3 Å². The molecule has 0 spiro atoms. The molecule has 1 fully saturated rings. The summed E-state index contributed by atoms with van der Waals surface area (Å²) in [5, 5.41) is 0. The van der Waals surface area contributed by atoms with Crippen LogP contribution in [0.1, 0.15) is 25.3 Å². The second-order valence-electron chi connectivity index (χ2n) is 4.84. The van der Waals surface area contributed by atoms with Crippen LogP contribution < -0.4 is 4.74 Å². The molecule has 1 aliphatic rings. The van der Waals surface area contributed by atoms with Gasteiger partial charge in [0.15, 0.2) is 0 Å². The maximum Gasteiger partial charge on any atom is 0.323 e. The van der Waals surface area contributed by atoms with Gasteiger partial charge in [0.2, 0.25) is 0 Å². The molecular formula is C15H20FNO3. The molecule has 110 valence electrons. The summed E-state index contributed by atoms with van der Waals surface area (Å²) in [6, 6.07) is 4.21. The molecule has 0 amide bonds. The van der Waals surface area contributed by atoms with Gasteiger partial charge in [-0.05, 0) is 44.5 Å². The first-order chi connectivity index (χ1) is 9.65. The summed E-state index contributed by atoms with van der Waals surface area (Å²) < 4.78 is 23.7. The maximum atomic E-state index is 13.4. The fourth-order valence-electron chi connectivity index (χ4n) is 2.61. The Morgan fingerprint density at radius 2 is 2.30 bits per heavy atom. The highest BCUT2D eigenvalue weighted by molar-refractivity contribution is 5.76. The van der Waals surface area contributed by atoms with E-state index in [1.165, 1.54) is 12.1 Å². The van der Waals surface area contributed by atoms with Crippen molar-refractivity contribution < 1.29 is 18.7 Å². The van der Waals surface area contributed by atoms with Crippen molar-refractivity contribution in [1.82, 2.24) is 4.90 Å². The molecule has 1 aliphatic heterocycles. The van der Waals surface area contributed by atoms with E-state index in [9.17, 15) is 9.18 Å². The van der Waals surface area contributed by atoms with E-state index in [1.54, 1.807) is 20.1 Å². The number of likely N-dealkylation sites (tertiary alicyclic amines) is 1. The Balaban J connectivity index is 2.12. The number of ether oxygens (including phenoxy) is 2. The van der Waals surface area contributed by atoms with Crippen molar-refractivity contribution in [2.45, 2.75) is 32.4 Å². The van der Waals surface area contributed by atoms with Crippen LogP contribution in [0, 0.1) is 5.82 Å². The normalized spacial score (nSPS) is 19.1. The van der Waals surface area contributed by atoms with Gasteiger partial charge in [-0.25, -0.2) is 4.39 Å². The van der Waals surface area contributed by atoms with Crippen molar-refractivity contribution in [3.8, 4) is 5.75 Å². The van der Waals surface area contributed by atoms with Crippen molar-refractivity contribution >= 4 is 5.97 Å². The predicted molar refractivity (Wildman–Crippen MR) is 73.0 cm³/mol. The predicted octanol–water partition coefficient (Wildman–Crippen LogP) is 2.36. The van der Waals surface area contributed by atoms with Crippen LogP contribution in [-0.4, -0.2) is 37.2 Å². The first kappa shape index (κ1) is 14.8. The third-order valence-corrected chi connectivity index (χ3v) is 3.54. The van der Waals surface area contributed by atoms with Gasteiger partial charge in [0, 0.05) is 12.1 Å². The van der Waals surface area contributed by atoms with Gasteiger partial charge in [0.25, 0.3) is 0 Å². The number of hydrogen-bond donors (Lipinski definition) is 0. The molecule has 0 bridgehead atoms. The Bertz CT molecular complexity index is 478. The quantitative estimate of drug-likeness (QED) is 0.777. The molecule has 1 unspecified atom stereocenters. The fraction of sp³-hybridized carbons (Fsp3) is 0.533. The van der Waals surface area contributed by atoms with Gasteiger partial charge in [-0.15, -0.1) is 0 Å². The minimum Gasteiger partial charge on any atom is -0.496 e. The molecule has 2 rings (SSSR count). The van der Waals surface area contributed by atoms with Crippen LogP contribution in [0.3, 0.4) is 0 Å². The number of benzene rings is 1. The highest BCUT2D eigenvalue weighted by atomic mass is 19.1. The molecule has 1 heterocycles. The number of rotatable bonds is 5. The number of halogens is 1. The Hall–Kier alpha value is -1.62. The first-order valence-corrected chi connectivity index (χ1v) is 6.88. The molecule has 4 nitrogen and oxygen atoms in total. The van der Waals surface area contributed by atoms with Crippen LogP contribution in [0.4, 0.5) is 4.39 Å². The van der Waals surface area contributed by atoms with Gasteiger partial charge in [-0.2, -0.15) is 0 Å². The SMILES string of the molecule is CCOC(=O)C1CCCN1Cc1cc(F)ccc1OC. The van der Waals surface area contributed by atoms with E-state index in [4.69, 9.17) is 9.47 Å². The molecule has 0 N–H and O–H groups in total. The Labute approximate surface area is 118 Å². The number of carbonyl (C=O) groups excluding carboxylic acids is 1. The van der Waals surface area contributed by atoms with Crippen molar-refractivity contribution in [3.05, 3.63) is 29.6 Å². The van der Waals surface area contributed by atoms with Gasteiger partial charge in [-0.3, -0.25) is 9.69 Å². The smallest absolute Gasteiger partial charge is 0.323 e. The third kappa shape index (κ3) is 3.28. The topological polar surface area (TPSA) is 38.8 Å². The van der Waals surface area contributed by atoms with E-state index in [-0.39, 0.29) is 17.8 Å². The summed E-state index contributed by atoms with van der Waals surface area (Å²) in [5.74, 6) is 0.147. The van der Waals surface area contributed by atoms with E-state index >= 15 is 0 Å². The number of methoxy groups -OCH3 is 1. The molecule has 1 aromatic rings. The second-order valence-corrected chi connectivity index (χ2v) is 4.84. The van der Waals surface area contributed by atoms with Crippen molar-refractivity contribution in [3.63, 3.8) is 0 Å². The third-order valence-electron chi connectivity index (χ3n) is 3.54. The minimum atomic E-state index is -0.298. The van der Waals surface area contributed by atoms with Crippen molar-refractivity contribution in [2.24, 2.45) is 0 Å². The largest absolute Gasteiger partial charge is 0.496 e. The van der Waals surface area contributed by atoms with Crippen LogP contribution in [0.25, 0.3) is 0 Å². The molecule has 1 atom stereocenters. The average molecular weight is 281 g/mol. The van der Waals surface area contributed by atoms with E-state index in [0.717, 1.165) is 24.9 Å². The lowest BCUT2D eigenvalue weighted by molar-refractivity contribution is -0.148. The molecule has 0 radical (unpaired) electrons. The monoisotopic (exact) mass is 281 g/mol. The van der Waals surface area contributed by atoms with Gasteiger partial charge >= 0.3 is 5.97 Å². The number of hydrogen-bond acceptors (Lipinski definition) is 4. The van der Waals surface area contributed by atoms with E-state index in [1.807, 2.05) is 4.90 Å². The Morgan fingerprint density at radius 1 is 1.50 bits per heavy atom. The van der Waals surface area contributed by atoms with Crippen molar-refractivity contribution in [1.29, 1.82) is 0 Å². The summed E-state index contributed by atoms with van der Waals surface area (Å²) in [6.07, 6.45) is 1.73. The Kier molecular flexibility index (Phi) is 4.95. The summed E-state index contributed by atoms with van der Waals surface area (Å²) in [7, 11) is 1.56. The first-order valence-electron chi connectivity index (χ1n) is 6.88. The molecule has 0 saturated carbocycles. The lowest BCUT2D eigenvalue weighted by Gasteiger charge is -2.23. The van der Waals surface area contributed by atoms with Gasteiger partial charge in [0.05, 0.1) is 13.7 Å². The molecule has 0 aromatic heterocycles. The number of nitrogens with zero attached hydrogens (tertiary/aromatic N) is 1. The van der Waals surface area contributed by atoms with E-state index in [0.29, 0.717) is 18.9 Å². The van der Waals surface area contributed by atoms with Gasteiger partial charge in [0.1, 0.15) is 17.6 Å². The summed E-state index contributed by atoms with van der Waals surface area (Å²) in [4.78, 5) is 13.9. The lowest BCUT2D eigenvalue weighted by atomic mass is 10.1. The Morgan fingerprint density at radius 3 is 3.00 bits per heavy atom. The highest BCUT2D eigenvalue weighted by Crippen LogP contribution is 2.26. The summed E-state index contributed by atoms with van der Waals surface area (Å²) >= 11 is 0. The molecule has 5 heteroatoms. The van der Waals surface area contributed by atoms with E-state index < -0.39 is 0 Å². The van der Waals surface area contributed by atoms with Crippen LogP contribution in [0.15, 0.2) is 18.2 Å². The zero-order valence-electron chi connectivity index (χ0n) is 11.9. The number of carbonyl (C=O) groups is 1. The van der Waals surface area contributed by atoms with Crippen LogP contribution in [0.5, 0.6) is 5.75 Å². The van der Waals surface area contributed by atoms with Gasteiger partial charge < -0.3 is 9.47 Å². The van der Waals surface area contributed by atoms with Crippen LogP contribution >= 0.6 is 0 Å².